The van der Waals surface area contributed by atoms with Crippen molar-refractivity contribution in [2.24, 2.45) is 32.2 Å². The van der Waals surface area contributed by atoms with E-state index in [1.165, 1.54) is 77.0 Å². The van der Waals surface area contributed by atoms with Crippen LogP contribution in [0.2, 0.25) is 0 Å². The van der Waals surface area contributed by atoms with Crippen molar-refractivity contribution in [2.75, 3.05) is 13.1 Å². The molecule has 2 heterocycles. The van der Waals surface area contributed by atoms with E-state index in [1.807, 2.05) is 13.0 Å². The SMILES string of the molecule is CC(=NN=C(C(=NN=C(C)C1CCCC[N-]1)C1CCCCC1)C1CCCCC1)C1=CC=CC[N-]1.[Cu+]. The van der Waals surface area contributed by atoms with Crippen molar-refractivity contribution in [2.45, 2.75) is 103 Å². The summed E-state index contributed by atoms with van der Waals surface area (Å²) in [5.41, 5.74) is 5.05. The molecule has 196 valence electrons. The fraction of sp³-hybridized carbons (Fsp3) is 0.714. The van der Waals surface area contributed by atoms with Crippen molar-refractivity contribution in [1.82, 2.24) is 0 Å². The van der Waals surface area contributed by atoms with Gasteiger partial charge in [-0.05, 0) is 39.5 Å². The molecule has 3 fully saturated rings. The van der Waals surface area contributed by atoms with E-state index in [2.05, 4.69) is 24.4 Å². The molecule has 0 aromatic heterocycles. The largest absolute Gasteiger partial charge is 1.00 e. The first-order valence-electron chi connectivity index (χ1n) is 13.7. The molecule has 1 unspecified atom stereocenters. The Kier molecular flexibility index (Phi) is 11.9. The van der Waals surface area contributed by atoms with Crippen LogP contribution in [0.15, 0.2) is 44.3 Å². The molecule has 6 nitrogen and oxygen atoms in total. The molecule has 2 aliphatic carbocycles. The van der Waals surface area contributed by atoms with Gasteiger partial charge >= 0.3 is 17.1 Å². The van der Waals surface area contributed by atoms with Crippen molar-refractivity contribution < 1.29 is 17.1 Å². The van der Waals surface area contributed by atoms with Gasteiger partial charge in [-0.3, -0.25) is 0 Å². The third-order valence-corrected chi connectivity index (χ3v) is 7.71. The molecule has 0 N–H and O–H groups in total. The van der Waals surface area contributed by atoms with Crippen LogP contribution in [0.3, 0.4) is 0 Å². The molecule has 4 aliphatic rings. The van der Waals surface area contributed by atoms with E-state index in [0.29, 0.717) is 18.4 Å². The molecule has 0 spiro atoms. The third kappa shape index (κ3) is 8.23. The van der Waals surface area contributed by atoms with Gasteiger partial charge in [0.15, 0.2) is 0 Å². The molecular formula is C28H42CuN6-. The second-order valence-corrected chi connectivity index (χ2v) is 10.3. The van der Waals surface area contributed by atoms with Crippen LogP contribution in [-0.2, 0) is 17.1 Å². The number of rotatable bonds is 7. The van der Waals surface area contributed by atoms with E-state index in [4.69, 9.17) is 25.7 Å². The Morgan fingerprint density at radius 1 is 0.743 bits per heavy atom. The van der Waals surface area contributed by atoms with E-state index in [1.54, 1.807) is 0 Å². The smallest absolute Gasteiger partial charge is 0.680 e. The standard InChI is InChI=1S/C28H42N6.Cu/c1-21(25-17-9-11-19-29-25)31-33-27(23-13-5-3-6-14-23)28(24-15-7-4-8-16-24)34-32-22(2)26-18-10-12-20-30-26;/h9,11,17,23-24,26H,3-8,10,12-16,18-20H2,1-2H3;/q-2;+1. The first-order chi connectivity index (χ1) is 16.7. The normalized spacial score (nSPS) is 26.1. The summed E-state index contributed by atoms with van der Waals surface area (Å²) in [7, 11) is 0. The van der Waals surface area contributed by atoms with E-state index in [-0.39, 0.29) is 23.1 Å². The van der Waals surface area contributed by atoms with Crippen molar-refractivity contribution in [3.05, 3.63) is 34.6 Å². The minimum atomic E-state index is 0. The molecule has 0 radical (unpaired) electrons. The zero-order chi connectivity index (χ0) is 23.6. The Morgan fingerprint density at radius 2 is 1.34 bits per heavy atom. The van der Waals surface area contributed by atoms with Gasteiger partial charge in [0, 0.05) is 23.3 Å². The summed E-state index contributed by atoms with van der Waals surface area (Å²) in [6, 6.07) is 0.230. The first kappa shape index (κ1) is 28.0. The Balaban J connectivity index is 0.00000342. The van der Waals surface area contributed by atoms with Gasteiger partial charge in [-0.15, -0.1) is 24.9 Å². The minimum Gasteiger partial charge on any atom is -0.680 e. The van der Waals surface area contributed by atoms with Gasteiger partial charge in [-0.1, -0.05) is 76.0 Å². The van der Waals surface area contributed by atoms with Crippen LogP contribution in [0.25, 0.3) is 10.6 Å². The average Bonchev–Trinajstić information content (AvgIpc) is 2.92. The summed E-state index contributed by atoms with van der Waals surface area (Å²) in [4.78, 5) is 0. The third-order valence-electron chi connectivity index (χ3n) is 7.71. The van der Waals surface area contributed by atoms with Gasteiger partial charge < -0.3 is 10.6 Å². The van der Waals surface area contributed by atoms with Crippen LogP contribution in [-0.4, -0.2) is 42.0 Å². The molecule has 2 aliphatic heterocycles. The van der Waals surface area contributed by atoms with Gasteiger partial charge in [0.05, 0.1) is 11.4 Å². The summed E-state index contributed by atoms with van der Waals surface area (Å²) >= 11 is 0. The van der Waals surface area contributed by atoms with Crippen LogP contribution in [0.4, 0.5) is 0 Å². The number of nitrogens with zero attached hydrogens (tertiary/aromatic N) is 6. The molecule has 0 bridgehead atoms. The van der Waals surface area contributed by atoms with Crippen LogP contribution in [0.1, 0.15) is 97.3 Å². The predicted octanol–water partition coefficient (Wildman–Crippen LogP) is 7.53. The fourth-order valence-electron chi connectivity index (χ4n) is 5.60. The van der Waals surface area contributed by atoms with E-state index in [0.717, 1.165) is 41.5 Å². The molecule has 2 saturated carbocycles. The van der Waals surface area contributed by atoms with Gasteiger partial charge in [0.1, 0.15) is 0 Å². The number of piperidine rings is 1. The van der Waals surface area contributed by atoms with Crippen LogP contribution in [0, 0.1) is 11.8 Å². The Morgan fingerprint density at radius 3 is 1.89 bits per heavy atom. The van der Waals surface area contributed by atoms with E-state index in [9.17, 15) is 0 Å². The Hall–Kier alpha value is -1.56. The molecule has 1 atom stereocenters. The quantitative estimate of drug-likeness (QED) is 0.187. The van der Waals surface area contributed by atoms with Gasteiger partial charge in [-0.25, -0.2) is 0 Å². The van der Waals surface area contributed by atoms with Crippen LogP contribution < -0.4 is 0 Å². The summed E-state index contributed by atoms with van der Waals surface area (Å²) in [5, 5.41) is 28.8. The zero-order valence-electron chi connectivity index (χ0n) is 21.6. The Bertz CT molecular complexity index is 851. The predicted molar refractivity (Wildman–Crippen MR) is 146 cm³/mol. The maximum Gasteiger partial charge on any atom is 1.00 e. The molecule has 0 aromatic rings. The maximum atomic E-state index is 4.98. The summed E-state index contributed by atoms with van der Waals surface area (Å²) in [6.45, 7) is 5.79. The van der Waals surface area contributed by atoms with Crippen molar-refractivity contribution in [3.63, 3.8) is 0 Å². The zero-order valence-corrected chi connectivity index (χ0v) is 22.5. The second-order valence-electron chi connectivity index (χ2n) is 10.3. The van der Waals surface area contributed by atoms with Crippen LogP contribution in [0.5, 0.6) is 0 Å². The molecule has 4 rings (SSSR count). The van der Waals surface area contributed by atoms with Crippen LogP contribution >= 0.6 is 0 Å². The van der Waals surface area contributed by atoms with Crippen molar-refractivity contribution >= 4 is 22.8 Å². The van der Waals surface area contributed by atoms with Crippen molar-refractivity contribution in [3.8, 4) is 0 Å². The number of hydrogen-bond acceptors (Lipinski definition) is 4. The van der Waals surface area contributed by atoms with Gasteiger partial charge in [0.25, 0.3) is 0 Å². The maximum absolute atomic E-state index is 4.98. The molecule has 35 heavy (non-hydrogen) atoms. The van der Waals surface area contributed by atoms with Gasteiger partial charge in [0.2, 0.25) is 0 Å². The van der Waals surface area contributed by atoms with Crippen molar-refractivity contribution in [1.29, 1.82) is 0 Å². The fourth-order valence-corrected chi connectivity index (χ4v) is 5.60. The van der Waals surface area contributed by atoms with E-state index < -0.39 is 0 Å². The molecule has 7 heteroatoms. The first-order valence-corrected chi connectivity index (χ1v) is 13.7. The summed E-state index contributed by atoms with van der Waals surface area (Å²) < 4.78 is 0. The second kappa shape index (κ2) is 14.9. The average molecular weight is 526 g/mol. The monoisotopic (exact) mass is 525 g/mol. The Labute approximate surface area is 222 Å². The van der Waals surface area contributed by atoms with E-state index >= 15 is 0 Å². The molecule has 1 saturated heterocycles. The summed E-state index contributed by atoms with van der Waals surface area (Å²) in [6.07, 6.45) is 22.1. The number of hydrogen-bond donors (Lipinski definition) is 0. The van der Waals surface area contributed by atoms with Gasteiger partial charge in [-0.2, -0.15) is 20.4 Å². The summed E-state index contributed by atoms with van der Waals surface area (Å²) in [5.74, 6) is 0.865. The molecule has 0 amide bonds. The minimum absolute atomic E-state index is 0. The molecular weight excluding hydrogens is 484 g/mol. The number of allylic oxidation sites excluding steroid dienone is 3. The topological polar surface area (TPSA) is 77.6 Å². The molecule has 0 aromatic carbocycles.